The standard InChI is InChI=1S/C12H11FN2O6/c13-6-1-2-7(8(5-6)15(19)20)14-11(16)9-3-4-10(21-9)12(17)18/h1-2,5,9-10H,3-4H2,(H,14,16)(H,17,18). The molecule has 112 valence electrons. The van der Waals surface area contributed by atoms with Gasteiger partial charge in [-0.2, -0.15) is 0 Å². The molecule has 8 nitrogen and oxygen atoms in total. The van der Waals surface area contributed by atoms with E-state index in [9.17, 15) is 24.1 Å². The lowest BCUT2D eigenvalue weighted by Gasteiger charge is -2.12. The Morgan fingerprint density at radius 1 is 1.38 bits per heavy atom. The number of hydrogen-bond acceptors (Lipinski definition) is 5. The van der Waals surface area contributed by atoms with Crippen molar-refractivity contribution in [1.29, 1.82) is 0 Å². The van der Waals surface area contributed by atoms with Gasteiger partial charge in [-0.1, -0.05) is 0 Å². The van der Waals surface area contributed by atoms with E-state index in [0.29, 0.717) is 6.07 Å². The van der Waals surface area contributed by atoms with Crippen LogP contribution in [0, 0.1) is 15.9 Å². The number of nitro groups is 1. The van der Waals surface area contributed by atoms with E-state index in [-0.39, 0.29) is 18.5 Å². The molecule has 1 heterocycles. The number of carbonyl (C=O) groups excluding carboxylic acids is 1. The van der Waals surface area contributed by atoms with Crippen molar-refractivity contribution in [2.24, 2.45) is 0 Å². The molecule has 0 saturated carbocycles. The lowest BCUT2D eigenvalue weighted by atomic mass is 10.2. The molecule has 1 aliphatic rings. The summed E-state index contributed by atoms with van der Waals surface area (Å²) in [5, 5.41) is 21.8. The summed E-state index contributed by atoms with van der Waals surface area (Å²) in [6.45, 7) is 0. The summed E-state index contributed by atoms with van der Waals surface area (Å²) in [5.74, 6) is -2.67. The van der Waals surface area contributed by atoms with Crippen molar-refractivity contribution in [1.82, 2.24) is 0 Å². The number of anilines is 1. The second-order valence-corrected chi connectivity index (χ2v) is 4.44. The van der Waals surface area contributed by atoms with E-state index in [1.807, 2.05) is 0 Å². The molecule has 2 unspecified atom stereocenters. The van der Waals surface area contributed by atoms with E-state index in [0.717, 1.165) is 12.1 Å². The second kappa shape index (κ2) is 5.83. The number of nitrogens with one attached hydrogen (secondary N) is 1. The average molecular weight is 298 g/mol. The zero-order chi connectivity index (χ0) is 15.6. The van der Waals surface area contributed by atoms with Crippen LogP contribution in [-0.2, 0) is 14.3 Å². The van der Waals surface area contributed by atoms with Gasteiger partial charge in [0.05, 0.1) is 11.0 Å². The van der Waals surface area contributed by atoms with Gasteiger partial charge in [-0.15, -0.1) is 0 Å². The Kier molecular flexibility index (Phi) is 4.13. The highest BCUT2D eigenvalue weighted by Crippen LogP contribution is 2.27. The van der Waals surface area contributed by atoms with Crippen LogP contribution < -0.4 is 5.32 Å². The minimum absolute atomic E-state index is 0.172. The summed E-state index contributed by atoms with van der Waals surface area (Å²) in [7, 11) is 0. The fourth-order valence-electron chi connectivity index (χ4n) is 1.99. The van der Waals surface area contributed by atoms with Crippen molar-refractivity contribution in [3.8, 4) is 0 Å². The molecule has 2 atom stereocenters. The Balaban J connectivity index is 2.10. The van der Waals surface area contributed by atoms with Crippen LogP contribution >= 0.6 is 0 Å². The van der Waals surface area contributed by atoms with Crippen molar-refractivity contribution < 1.29 is 28.7 Å². The van der Waals surface area contributed by atoms with Crippen LogP contribution in [0.25, 0.3) is 0 Å². The molecule has 1 aromatic rings. The van der Waals surface area contributed by atoms with E-state index in [4.69, 9.17) is 9.84 Å². The zero-order valence-corrected chi connectivity index (χ0v) is 10.6. The first-order chi connectivity index (χ1) is 9.88. The first kappa shape index (κ1) is 14.9. The van der Waals surface area contributed by atoms with E-state index in [1.54, 1.807) is 0 Å². The molecule has 1 aliphatic heterocycles. The van der Waals surface area contributed by atoms with Crippen LogP contribution in [0.2, 0.25) is 0 Å². The van der Waals surface area contributed by atoms with E-state index in [1.165, 1.54) is 0 Å². The molecule has 0 spiro atoms. The Morgan fingerprint density at radius 2 is 2.05 bits per heavy atom. The van der Waals surface area contributed by atoms with Crippen LogP contribution in [0.4, 0.5) is 15.8 Å². The lowest BCUT2D eigenvalue weighted by Crippen LogP contribution is -2.30. The molecule has 0 bridgehead atoms. The van der Waals surface area contributed by atoms with Crippen molar-refractivity contribution >= 4 is 23.3 Å². The Morgan fingerprint density at radius 3 is 2.62 bits per heavy atom. The third kappa shape index (κ3) is 3.31. The molecule has 0 aromatic heterocycles. The molecule has 1 fully saturated rings. The van der Waals surface area contributed by atoms with E-state index >= 15 is 0 Å². The number of nitrogens with zero attached hydrogens (tertiary/aromatic N) is 1. The topological polar surface area (TPSA) is 119 Å². The summed E-state index contributed by atoms with van der Waals surface area (Å²) >= 11 is 0. The fraction of sp³-hybridized carbons (Fsp3) is 0.333. The smallest absolute Gasteiger partial charge is 0.332 e. The summed E-state index contributed by atoms with van der Waals surface area (Å²) in [6, 6.07) is 2.72. The number of hydrogen-bond donors (Lipinski definition) is 2. The van der Waals surface area contributed by atoms with Crippen molar-refractivity contribution in [3.63, 3.8) is 0 Å². The predicted molar refractivity (Wildman–Crippen MR) is 67.2 cm³/mol. The quantitative estimate of drug-likeness (QED) is 0.639. The highest BCUT2D eigenvalue weighted by atomic mass is 19.1. The number of benzene rings is 1. The van der Waals surface area contributed by atoms with Crippen molar-refractivity contribution in [2.75, 3.05) is 5.32 Å². The van der Waals surface area contributed by atoms with Crippen LogP contribution in [0.3, 0.4) is 0 Å². The van der Waals surface area contributed by atoms with Gasteiger partial charge in [-0.25, -0.2) is 9.18 Å². The summed E-state index contributed by atoms with van der Waals surface area (Å²) in [5.41, 5.74) is -0.759. The van der Waals surface area contributed by atoms with Gasteiger partial charge in [0.15, 0.2) is 6.10 Å². The minimum atomic E-state index is -1.17. The molecule has 2 rings (SSSR count). The molecule has 0 radical (unpaired) electrons. The molecular formula is C12H11FN2O6. The fourth-order valence-corrected chi connectivity index (χ4v) is 1.99. The third-order valence-corrected chi connectivity index (χ3v) is 3.00. The maximum absolute atomic E-state index is 13.0. The number of amides is 1. The maximum atomic E-state index is 13.0. The maximum Gasteiger partial charge on any atom is 0.332 e. The molecule has 0 aliphatic carbocycles. The Bertz CT molecular complexity index is 605. The number of aliphatic carboxylic acids is 1. The van der Waals surface area contributed by atoms with E-state index < -0.39 is 40.5 Å². The predicted octanol–water partition coefficient (Wildman–Crippen LogP) is 1.30. The van der Waals surface area contributed by atoms with Gasteiger partial charge < -0.3 is 15.2 Å². The largest absolute Gasteiger partial charge is 0.479 e. The molecule has 2 N–H and O–H groups in total. The van der Waals surface area contributed by atoms with Gasteiger partial charge >= 0.3 is 5.97 Å². The second-order valence-electron chi connectivity index (χ2n) is 4.44. The van der Waals surface area contributed by atoms with Crippen molar-refractivity contribution in [3.05, 3.63) is 34.1 Å². The van der Waals surface area contributed by atoms with Gasteiger partial charge in [-0.05, 0) is 25.0 Å². The number of halogens is 1. The molecule has 1 aromatic carbocycles. The Hall–Kier alpha value is -2.55. The van der Waals surface area contributed by atoms with E-state index in [2.05, 4.69) is 5.32 Å². The zero-order valence-electron chi connectivity index (χ0n) is 10.6. The molecule has 1 saturated heterocycles. The van der Waals surface area contributed by atoms with Crippen LogP contribution in [0.1, 0.15) is 12.8 Å². The Labute approximate surface area is 117 Å². The van der Waals surface area contributed by atoms with Gasteiger partial charge in [0.25, 0.3) is 11.6 Å². The average Bonchev–Trinajstić information content (AvgIpc) is 2.90. The highest BCUT2D eigenvalue weighted by molar-refractivity contribution is 5.96. The molecule has 9 heteroatoms. The summed E-state index contributed by atoms with van der Waals surface area (Å²) in [4.78, 5) is 32.6. The molecular weight excluding hydrogens is 287 g/mol. The SMILES string of the molecule is O=C(O)C1CCC(C(=O)Nc2ccc(F)cc2[N+](=O)[O-])O1. The highest BCUT2D eigenvalue weighted by Gasteiger charge is 2.35. The van der Waals surface area contributed by atoms with Gasteiger partial charge in [0.1, 0.15) is 17.6 Å². The first-order valence-corrected chi connectivity index (χ1v) is 6.01. The third-order valence-electron chi connectivity index (χ3n) is 3.00. The van der Waals surface area contributed by atoms with Crippen LogP contribution in [-0.4, -0.2) is 34.1 Å². The number of carboxylic acids is 1. The van der Waals surface area contributed by atoms with Gasteiger partial charge in [0.2, 0.25) is 0 Å². The number of carboxylic acid groups (broad SMARTS) is 1. The number of carbonyl (C=O) groups is 2. The molecule has 1 amide bonds. The minimum Gasteiger partial charge on any atom is -0.479 e. The lowest BCUT2D eigenvalue weighted by molar-refractivity contribution is -0.384. The summed E-state index contributed by atoms with van der Waals surface area (Å²) in [6.07, 6.45) is -1.70. The normalized spacial score (nSPS) is 21.0. The molecule has 21 heavy (non-hydrogen) atoms. The number of ether oxygens (including phenoxy) is 1. The first-order valence-electron chi connectivity index (χ1n) is 6.01. The van der Waals surface area contributed by atoms with Crippen molar-refractivity contribution in [2.45, 2.75) is 25.0 Å². The monoisotopic (exact) mass is 298 g/mol. The number of rotatable bonds is 4. The number of nitro benzene ring substituents is 1. The van der Waals surface area contributed by atoms with Crippen LogP contribution in [0.15, 0.2) is 18.2 Å². The summed E-state index contributed by atoms with van der Waals surface area (Å²) < 4.78 is 18.0. The van der Waals surface area contributed by atoms with Gasteiger partial charge in [0, 0.05) is 0 Å². The van der Waals surface area contributed by atoms with Gasteiger partial charge in [-0.3, -0.25) is 14.9 Å². The van der Waals surface area contributed by atoms with Crippen LogP contribution in [0.5, 0.6) is 0 Å².